The standard InChI is InChI=1S/C20H14BrN3O2S/c21-16-6-10-19(11-7-16)27(26)24-17-8-4-15(5-9-17)20(25)23-18-3-1-2-14(12-18)13-22/h1-12,24H,(H,23,25). The van der Waals surface area contributed by atoms with E-state index in [9.17, 15) is 9.35 Å². The lowest BCUT2D eigenvalue weighted by atomic mass is 10.1. The van der Waals surface area contributed by atoms with Gasteiger partial charge in [0.05, 0.1) is 17.3 Å². The second-order valence-electron chi connectivity index (χ2n) is 5.55. The average molecular weight is 440 g/mol. The van der Waals surface area contributed by atoms with Gasteiger partial charge in [-0.15, -0.1) is 0 Å². The van der Waals surface area contributed by atoms with Crippen molar-refractivity contribution in [1.82, 2.24) is 0 Å². The van der Waals surface area contributed by atoms with Crippen molar-refractivity contribution in [3.8, 4) is 6.07 Å². The molecule has 0 aliphatic rings. The molecule has 0 aliphatic heterocycles. The molecular weight excluding hydrogens is 426 g/mol. The van der Waals surface area contributed by atoms with E-state index in [-0.39, 0.29) is 5.91 Å². The normalized spacial score (nSPS) is 11.3. The summed E-state index contributed by atoms with van der Waals surface area (Å²) in [6.07, 6.45) is 0. The Morgan fingerprint density at radius 3 is 2.37 bits per heavy atom. The Morgan fingerprint density at radius 1 is 1.00 bits per heavy atom. The summed E-state index contributed by atoms with van der Waals surface area (Å²) in [6.45, 7) is 0. The van der Waals surface area contributed by atoms with Crippen molar-refractivity contribution in [3.63, 3.8) is 0 Å². The molecule has 0 radical (unpaired) electrons. The van der Waals surface area contributed by atoms with E-state index in [0.717, 1.165) is 4.47 Å². The molecule has 0 fully saturated rings. The van der Waals surface area contributed by atoms with Crippen LogP contribution >= 0.6 is 15.9 Å². The zero-order chi connectivity index (χ0) is 19.2. The average Bonchev–Trinajstić information content (AvgIpc) is 2.69. The van der Waals surface area contributed by atoms with Gasteiger partial charge >= 0.3 is 0 Å². The Hall–Kier alpha value is -2.79. The van der Waals surface area contributed by atoms with Gasteiger partial charge in [0.1, 0.15) is 11.4 Å². The SMILES string of the molecule is N#Cc1cccc(NC(=O)c2ccc(N[S+]([O-])c3ccc(Br)cc3)cc2)c1. The number of rotatable bonds is 5. The zero-order valence-corrected chi connectivity index (χ0v) is 16.4. The molecule has 1 atom stereocenters. The number of nitrogens with zero attached hydrogens (tertiary/aromatic N) is 1. The van der Waals surface area contributed by atoms with Gasteiger partial charge in [-0.3, -0.25) is 4.79 Å². The first kappa shape index (κ1) is 19.0. The van der Waals surface area contributed by atoms with Crippen molar-refractivity contribution < 1.29 is 9.35 Å². The minimum absolute atomic E-state index is 0.286. The van der Waals surface area contributed by atoms with Crippen LogP contribution in [0.25, 0.3) is 0 Å². The third-order valence-electron chi connectivity index (χ3n) is 3.63. The van der Waals surface area contributed by atoms with E-state index < -0.39 is 11.4 Å². The Kier molecular flexibility index (Phi) is 6.14. The summed E-state index contributed by atoms with van der Waals surface area (Å²) in [7, 11) is 0. The van der Waals surface area contributed by atoms with Gasteiger partial charge in [0, 0.05) is 15.7 Å². The minimum atomic E-state index is -1.40. The molecule has 5 nitrogen and oxygen atoms in total. The number of carbonyl (C=O) groups excluding carboxylic acids is 1. The highest BCUT2D eigenvalue weighted by Crippen LogP contribution is 2.19. The number of anilines is 2. The van der Waals surface area contributed by atoms with Crippen LogP contribution in [0.5, 0.6) is 0 Å². The number of nitriles is 1. The van der Waals surface area contributed by atoms with Gasteiger partial charge in [-0.2, -0.15) is 5.26 Å². The first-order valence-electron chi connectivity index (χ1n) is 7.91. The molecule has 7 heteroatoms. The Morgan fingerprint density at radius 2 is 1.70 bits per heavy atom. The molecule has 27 heavy (non-hydrogen) atoms. The predicted octanol–water partition coefficient (Wildman–Crippen LogP) is 4.71. The van der Waals surface area contributed by atoms with Gasteiger partial charge in [0.15, 0.2) is 4.90 Å². The molecule has 2 N–H and O–H groups in total. The number of amides is 1. The van der Waals surface area contributed by atoms with Crippen molar-refractivity contribution in [2.75, 3.05) is 10.0 Å². The van der Waals surface area contributed by atoms with Crippen LogP contribution in [0.4, 0.5) is 11.4 Å². The number of halogens is 1. The summed E-state index contributed by atoms with van der Waals surface area (Å²) in [6, 6.07) is 22.6. The van der Waals surface area contributed by atoms with E-state index in [1.54, 1.807) is 60.7 Å². The monoisotopic (exact) mass is 439 g/mol. The highest BCUT2D eigenvalue weighted by atomic mass is 79.9. The van der Waals surface area contributed by atoms with Gasteiger partial charge in [-0.1, -0.05) is 22.0 Å². The van der Waals surface area contributed by atoms with Crippen molar-refractivity contribution >= 4 is 44.6 Å². The van der Waals surface area contributed by atoms with Crippen LogP contribution in [0.3, 0.4) is 0 Å². The molecule has 0 heterocycles. The molecule has 0 saturated heterocycles. The quantitative estimate of drug-likeness (QED) is 0.563. The molecule has 3 aromatic carbocycles. The van der Waals surface area contributed by atoms with E-state index in [4.69, 9.17) is 5.26 Å². The van der Waals surface area contributed by atoms with Gasteiger partial charge in [-0.25, -0.2) is 4.72 Å². The molecule has 0 bridgehead atoms. The smallest absolute Gasteiger partial charge is 0.255 e. The Bertz CT molecular complexity index is 985. The van der Waals surface area contributed by atoms with E-state index >= 15 is 0 Å². The lowest BCUT2D eigenvalue weighted by molar-refractivity contribution is 0.102. The Balaban J connectivity index is 1.64. The van der Waals surface area contributed by atoms with Crippen LogP contribution in [0.1, 0.15) is 15.9 Å². The number of hydrogen-bond donors (Lipinski definition) is 2. The lowest BCUT2D eigenvalue weighted by Crippen LogP contribution is -2.14. The highest BCUT2D eigenvalue weighted by molar-refractivity contribution is 9.10. The third-order valence-corrected chi connectivity index (χ3v) is 5.28. The molecule has 3 rings (SSSR count). The van der Waals surface area contributed by atoms with Crippen molar-refractivity contribution in [2.45, 2.75) is 4.90 Å². The molecule has 0 saturated carbocycles. The van der Waals surface area contributed by atoms with Crippen LogP contribution < -0.4 is 10.0 Å². The number of benzene rings is 3. The Labute approximate surface area is 168 Å². The maximum atomic E-state index is 12.3. The summed E-state index contributed by atoms with van der Waals surface area (Å²) < 4.78 is 16.1. The van der Waals surface area contributed by atoms with Gasteiger partial charge in [0.2, 0.25) is 0 Å². The summed E-state index contributed by atoms with van der Waals surface area (Å²) in [5.41, 5.74) is 2.12. The van der Waals surface area contributed by atoms with Gasteiger partial charge in [-0.05, 0) is 66.7 Å². The van der Waals surface area contributed by atoms with Crippen LogP contribution in [-0.2, 0) is 11.4 Å². The van der Waals surface area contributed by atoms with Gasteiger partial charge < -0.3 is 9.87 Å². The van der Waals surface area contributed by atoms with Crippen LogP contribution in [0.15, 0.2) is 82.2 Å². The van der Waals surface area contributed by atoms with E-state index in [2.05, 4.69) is 26.0 Å². The van der Waals surface area contributed by atoms with Gasteiger partial charge in [0.25, 0.3) is 5.91 Å². The van der Waals surface area contributed by atoms with E-state index in [1.807, 2.05) is 18.2 Å². The molecule has 0 spiro atoms. The van der Waals surface area contributed by atoms with Crippen LogP contribution in [-0.4, -0.2) is 10.5 Å². The zero-order valence-electron chi connectivity index (χ0n) is 14.0. The van der Waals surface area contributed by atoms with Crippen LogP contribution in [0, 0.1) is 11.3 Å². The number of nitrogens with one attached hydrogen (secondary N) is 2. The highest BCUT2D eigenvalue weighted by Gasteiger charge is 2.12. The van der Waals surface area contributed by atoms with E-state index in [0.29, 0.717) is 27.4 Å². The molecule has 3 aromatic rings. The summed E-state index contributed by atoms with van der Waals surface area (Å²) in [4.78, 5) is 13.0. The fourth-order valence-electron chi connectivity index (χ4n) is 2.28. The number of carbonyl (C=O) groups is 1. The number of hydrogen-bond acceptors (Lipinski definition) is 4. The minimum Gasteiger partial charge on any atom is -0.588 e. The largest absolute Gasteiger partial charge is 0.588 e. The second kappa shape index (κ2) is 8.73. The first-order chi connectivity index (χ1) is 13.0. The van der Waals surface area contributed by atoms with Crippen molar-refractivity contribution in [3.05, 3.63) is 88.4 Å². The molecule has 1 unspecified atom stereocenters. The van der Waals surface area contributed by atoms with Crippen LogP contribution in [0.2, 0.25) is 0 Å². The maximum Gasteiger partial charge on any atom is 0.255 e. The topological polar surface area (TPSA) is 88.0 Å². The first-order valence-corrected chi connectivity index (χ1v) is 9.85. The summed E-state index contributed by atoms with van der Waals surface area (Å²) in [5, 5.41) is 11.7. The van der Waals surface area contributed by atoms with E-state index in [1.165, 1.54) is 0 Å². The summed E-state index contributed by atoms with van der Waals surface area (Å²) >= 11 is 1.94. The molecule has 0 aliphatic carbocycles. The predicted molar refractivity (Wildman–Crippen MR) is 110 cm³/mol. The molecule has 1 amide bonds. The fraction of sp³-hybridized carbons (Fsp3) is 0. The molecule has 134 valence electrons. The van der Waals surface area contributed by atoms with Crippen molar-refractivity contribution in [2.24, 2.45) is 0 Å². The molecular formula is C20H14BrN3O2S. The van der Waals surface area contributed by atoms with Crippen molar-refractivity contribution in [1.29, 1.82) is 5.26 Å². The fourth-order valence-corrected chi connectivity index (χ4v) is 3.40. The maximum absolute atomic E-state index is 12.3. The third kappa shape index (κ3) is 5.11. The second-order valence-corrected chi connectivity index (χ2v) is 7.68. The molecule has 0 aromatic heterocycles. The lowest BCUT2D eigenvalue weighted by Gasteiger charge is -2.12. The summed E-state index contributed by atoms with van der Waals surface area (Å²) in [5.74, 6) is -0.286.